The molecule has 7 nitrogen and oxygen atoms in total. The average molecular weight is 281 g/mol. The third-order valence-electron chi connectivity index (χ3n) is 2.99. The highest BCUT2D eigenvalue weighted by Crippen LogP contribution is 2.19. The van der Waals surface area contributed by atoms with Gasteiger partial charge in [-0.25, -0.2) is 0 Å². The van der Waals surface area contributed by atoms with Crippen LogP contribution in [0.1, 0.15) is 16.8 Å². The molecular weight excluding hydrogens is 269 g/mol. The summed E-state index contributed by atoms with van der Waals surface area (Å²) < 4.78 is 13.2. The lowest BCUT2D eigenvalue weighted by Crippen LogP contribution is -2.34. The Kier molecular flexibility index (Phi) is 3.92. The molecule has 0 spiro atoms. The van der Waals surface area contributed by atoms with Gasteiger partial charge in [0.1, 0.15) is 0 Å². The molecule has 106 valence electrons. The highest BCUT2D eigenvalue weighted by Gasteiger charge is 2.23. The second-order valence-corrected chi connectivity index (χ2v) is 4.32. The van der Waals surface area contributed by atoms with E-state index >= 15 is 0 Å². The number of nitrogens with zero attached hydrogens (tertiary/aromatic N) is 2. The smallest absolute Gasteiger partial charge is 0.305 e. The van der Waals surface area contributed by atoms with Crippen LogP contribution in [0.25, 0.3) is 0 Å². The van der Waals surface area contributed by atoms with Crippen molar-refractivity contribution in [2.75, 3.05) is 19.6 Å². The van der Waals surface area contributed by atoms with Crippen LogP contribution in [0.15, 0.2) is 18.2 Å². The third-order valence-corrected chi connectivity index (χ3v) is 2.99. The first-order chi connectivity index (χ1) is 9.49. The molecule has 0 saturated carbocycles. The van der Waals surface area contributed by atoms with Crippen molar-refractivity contribution in [1.29, 1.82) is 0 Å². The largest absolute Gasteiger partial charge is 0.354 e. The van der Waals surface area contributed by atoms with Crippen LogP contribution in [-0.2, 0) is 4.79 Å². The Balaban J connectivity index is 2.22. The van der Waals surface area contributed by atoms with Crippen LogP contribution in [0, 0.1) is 15.9 Å². The second kappa shape index (κ2) is 5.64. The summed E-state index contributed by atoms with van der Waals surface area (Å²) in [5, 5.41) is 13.3. The van der Waals surface area contributed by atoms with Crippen molar-refractivity contribution in [1.82, 2.24) is 10.2 Å². The van der Waals surface area contributed by atoms with Gasteiger partial charge >= 0.3 is 5.69 Å². The second-order valence-electron chi connectivity index (χ2n) is 4.32. The topological polar surface area (TPSA) is 92.5 Å². The van der Waals surface area contributed by atoms with E-state index in [1.165, 1.54) is 11.0 Å². The number of amides is 2. The van der Waals surface area contributed by atoms with Crippen molar-refractivity contribution in [2.45, 2.75) is 6.42 Å². The van der Waals surface area contributed by atoms with Crippen molar-refractivity contribution >= 4 is 17.5 Å². The molecule has 1 aliphatic rings. The Morgan fingerprint density at radius 2 is 2.15 bits per heavy atom. The zero-order valence-electron chi connectivity index (χ0n) is 10.5. The van der Waals surface area contributed by atoms with E-state index in [9.17, 15) is 24.1 Å². The summed E-state index contributed by atoms with van der Waals surface area (Å²) in [5.41, 5.74) is -0.702. The fourth-order valence-corrected chi connectivity index (χ4v) is 1.94. The zero-order valence-corrected chi connectivity index (χ0v) is 10.5. The van der Waals surface area contributed by atoms with Gasteiger partial charge in [-0.05, 0) is 12.1 Å². The van der Waals surface area contributed by atoms with Gasteiger partial charge in [-0.2, -0.15) is 4.39 Å². The summed E-state index contributed by atoms with van der Waals surface area (Å²) in [4.78, 5) is 34.6. The van der Waals surface area contributed by atoms with Crippen LogP contribution < -0.4 is 5.32 Å². The predicted octanol–water partition coefficient (Wildman–Crippen LogP) is 0.696. The van der Waals surface area contributed by atoms with E-state index in [-0.39, 0.29) is 24.4 Å². The van der Waals surface area contributed by atoms with E-state index in [1.54, 1.807) is 0 Å². The van der Waals surface area contributed by atoms with Crippen molar-refractivity contribution in [3.05, 3.63) is 39.7 Å². The van der Waals surface area contributed by atoms with Crippen LogP contribution in [-0.4, -0.2) is 41.3 Å². The number of halogens is 1. The van der Waals surface area contributed by atoms with Gasteiger partial charge in [0.15, 0.2) is 0 Å². The van der Waals surface area contributed by atoms with Crippen LogP contribution in [0.4, 0.5) is 10.1 Å². The molecule has 0 bridgehead atoms. The summed E-state index contributed by atoms with van der Waals surface area (Å²) in [6, 6.07) is 3.01. The van der Waals surface area contributed by atoms with E-state index in [0.717, 1.165) is 12.1 Å². The van der Waals surface area contributed by atoms with Gasteiger partial charge < -0.3 is 10.2 Å². The standard InChI is InChI=1S/C12H12FN3O4/c13-9-2-1-8(7-10(9)16(19)20)12(18)15-5-3-11(17)14-4-6-15/h1-2,7H,3-6H2,(H,14,17). The maximum atomic E-state index is 13.2. The molecule has 1 aromatic carbocycles. The Hall–Kier alpha value is -2.51. The fourth-order valence-electron chi connectivity index (χ4n) is 1.94. The third kappa shape index (κ3) is 2.90. The highest BCUT2D eigenvalue weighted by atomic mass is 19.1. The molecule has 0 aliphatic carbocycles. The first-order valence-corrected chi connectivity index (χ1v) is 5.99. The minimum absolute atomic E-state index is 0.0347. The van der Waals surface area contributed by atoms with Gasteiger partial charge in [0.05, 0.1) is 4.92 Å². The first kappa shape index (κ1) is 13.9. The number of nitrogens with one attached hydrogen (secondary N) is 1. The number of carbonyl (C=O) groups is 2. The molecule has 20 heavy (non-hydrogen) atoms. The molecule has 0 aromatic heterocycles. The molecule has 0 unspecified atom stereocenters. The summed E-state index contributed by atoms with van der Waals surface area (Å²) >= 11 is 0. The van der Waals surface area contributed by atoms with Gasteiger partial charge in [0, 0.05) is 37.7 Å². The lowest BCUT2D eigenvalue weighted by atomic mass is 10.1. The Labute approximate surface area is 113 Å². The van der Waals surface area contributed by atoms with E-state index in [1.807, 2.05) is 0 Å². The quantitative estimate of drug-likeness (QED) is 0.637. The predicted molar refractivity (Wildman–Crippen MR) is 66.6 cm³/mol. The Morgan fingerprint density at radius 1 is 1.40 bits per heavy atom. The molecule has 1 fully saturated rings. The van der Waals surface area contributed by atoms with Crippen molar-refractivity contribution in [2.24, 2.45) is 0 Å². The number of hydrogen-bond acceptors (Lipinski definition) is 4. The monoisotopic (exact) mass is 281 g/mol. The number of benzene rings is 1. The summed E-state index contributed by atoms with van der Waals surface area (Å²) in [5.74, 6) is -1.59. The SMILES string of the molecule is O=C1CCN(C(=O)c2ccc(F)c([N+](=O)[O-])c2)CCN1. The Morgan fingerprint density at radius 3 is 2.85 bits per heavy atom. The number of nitro groups is 1. The summed E-state index contributed by atoms with van der Waals surface area (Å²) in [6.07, 6.45) is 0.176. The lowest BCUT2D eigenvalue weighted by Gasteiger charge is -2.19. The van der Waals surface area contributed by atoms with Gasteiger partial charge in [-0.1, -0.05) is 0 Å². The molecule has 0 radical (unpaired) electrons. The normalized spacial score (nSPS) is 15.4. The molecular formula is C12H12FN3O4. The van der Waals surface area contributed by atoms with Crippen LogP contribution in [0.2, 0.25) is 0 Å². The molecule has 2 amide bonds. The van der Waals surface area contributed by atoms with Crippen LogP contribution in [0.5, 0.6) is 0 Å². The minimum atomic E-state index is -0.987. The molecule has 2 rings (SSSR count). The highest BCUT2D eigenvalue weighted by molar-refractivity contribution is 5.95. The van der Waals surface area contributed by atoms with Gasteiger partial charge in [0.25, 0.3) is 5.91 Å². The number of nitro benzene ring substituents is 1. The minimum Gasteiger partial charge on any atom is -0.354 e. The van der Waals surface area contributed by atoms with Gasteiger partial charge in [0.2, 0.25) is 11.7 Å². The van der Waals surface area contributed by atoms with E-state index in [4.69, 9.17) is 0 Å². The number of hydrogen-bond donors (Lipinski definition) is 1. The molecule has 8 heteroatoms. The maximum absolute atomic E-state index is 13.2. The molecule has 1 heterocycles. The van der Waals surface area contributed by atoms with Crippen LogP contribution in [0.3, 0.4) is 0 Å². The van der Waals surface area contributed by atoms with E-state index in [0.29, 0.717) is 13.1 Å². The average Bonchev–Trinajstić information content (AvgIpc) is 2.63. The van der Waals surface area contributed by atoms with E-state index < -0.39 is 22.3 Å². The zero-order chi connectivity index (χ0) is 14.7. The number of carbonyl (C=O) groups excluding carboxylic acids is 2. The molecule has 1 N–H and O–H groups in total. The molecule has 1 saturated heterocycles. The van der Waals surface area contributed by atoms with E-state index in [2.05, 4.69) is 5.32 Å². The number of rotatable bonds is 2. The lowest BCUT2D eigenvalue weighted by molar-refractivity contribution is -0.387. The van der Waals surface area contributed by atoms with Crippen molar-refractivity contribution < 1.29 is 18.9 Å². The first-order valence-electron chi connectivity index (χ1n) is 5.99. The molecule has 1 aliphatic heterocycles. The van der Waals surface area contributed by atoms with Crippen molar-refractivity contribution in [3.8, 4) is 0 Å². The Bertz CT molecular complexity index is 576. The van der Waals surface area contributed by atoms with Crippen molar-refractivity contribution in [3.63, 3.8) is 0 Å². The summed E-state index contributed by atoms with van der Waals surface area (Å²) in [6.45, 7) is 0.874. The van der Waals surface area contributed by atoms with Gasteiger partial charge in [-0.15, -0.1) is 0 Å². The molecule has 0 atom stereocenters. The fraction of sp³-hybridized carbons (Fsp3) is 0.333. The maximum Gasteiger partial charge on any atom is 0.305 e. The summed E-state index contributed by atoms with van der Waals surface area (Å²) in [7, 11) is 0. The van der Waals surface area contributed by atoms with Gasteiger partial charge in [-0.3, -0.25) is 19.7 Å². The van der Waals surface area contributed by atoms with Crippen LogP contribution >= 0.6 is 0 Å². The molecule has 1 aromatic rings.